The Morgan fingerprint density at radius 1 is 0.511 bits per heavy atom. The molecule has 0 aliphatic carbocycles. The van der Waals surface area contributed by atoms with Crippen LogP contribution in [0, 0.1) is 5.92 Å². The molecule has 0 unspecified atom stereocenters. The Hall–Kier alpha value is -1.44. The minimum atomic E-state index is -0.664. The lowest BCUT2D eigenvalue weighted by molar-refractivity contribution is -0.138. The molecule has 7 heteroatoms. The average Bonchev–Trinajstić information content (AvgIpc) is 3.03. The molecular formula is C40H81NO6. The zero-order chi connectivity index (χ0) is 35.5. The van der Waals surface area contributed by atoms with Crippen LogP contribution in [0.5, 0.6) is 0 Å². The Morgan fingerprint density at radius 2 is 0.830 bits per heavy atom. The topological polar surface area (TPSA) is 127 Å². The van der Waals surface area contributed by atoms with Crippen molar-refractivity contribution in [3.8, 4) is 0 Å². The van der Waals surface area contributed by atoms with Crippen LogP contribution in [-0.2, 0) is 9.59 Å². The molecule has 7 nitrogen and oxygen atoms in total. The molecule has 0 spiro atoms. The second-order valence-corrected chi connectivity index (χ2v) is 13.5. The lowest BCUT2D eigenvalue weighted by atomic mass is 10.0. The summed E-state index contributed by atoms with van der Waals surface area (Å²) in [6.07, 6.45) is 38.6. The number of aliphatic hydroxyl groups is 2. The maximum Gasteiger partial charge on any atom is 0.303 e. The number of aliphatic carboxylic acids is 2. The Bertz CT molecular complexity index is 622. The highest BCUT2D eigenvalue weighted by Gasteiger charge is 1.98. The van der Waals surface area contributed by atoms with Crippen LogP contribution in [0.2, 0.25) is 0 Å². The molecule has 0 radical (unpaired) electrons. The predicted molar refractivity (Wildman–Crippen MR) is 201 cm³/mol. The van der Waals surface area contributed by atoms with Gasteiger partial charge in [-0.25, -0.2) is 0 Å². The first-order valence-electron chi connectivity index (χ1n) is 19.8. The molecule has 0 heterocycles. The van der Waals surface area contributed by atoms with Crippen molar-refractivity contribution in [2.45, 2.75) is 201 Å². The number of carboxylic acids is 2. The van der Waals surface area contributed by atoms with Crippen molar-refractivity contribution in [3.63, 3.8) is 0 Å². The van der Waals surface area contributed by atoms with Gasteiger partial charge in [0.15, 0.2) is 0 Å². The molecular weight excluding hydrogens is 590 g/mol. The molecule has 0 fully saturated rings. The molecule has 0 aliphatic heterocycles. The van der Waals surface area contributed by atoms with E-state index in [1.54, 1.807) is 0 Å². The highest BCUT2D eigenvalue weighted by atomic mass is 16.4. The average molecular weight is 672 g/mol. The Kier molecular flexibility index (Phi) is 49.6. The van der Waals surface area contributed by atoms with Gasteiger partial charge in [-0.1, -0.05) is 161 Å². The molecule has 47 heavy (non-hydrogen) atoms. The first-order valence-corrected chi connectivity index (χ1v) is 19.8. The number of rotatable bonds is 34. The van der Waals surface area contributed by atoms with Gasteiger partial charge >= 0.3 is 11.9 Å². The monoisotopic (exact) mass is 672 g/mol. The summed E-state index contributed by atoms with van der Waals surface area (Å²) in [4.78, 5) is 20.7. The van der Waals surface area contributed by atoms with E-state index >= 15 is 0 Å². The van der Waals surface area contributed by atoms with Crippen LogP contribution in [0.15, 0.2) is 12.2 Å². The third-order valence-corrected chi connectivity index (χ3v) is 8.15. The van der Waals surface area contributed by atoms with E-state index in [1.807, 2.05) is 0 Å². The van der Waals surface area contributed by atoms with Gasteiger partial charge in [-0.3, -0.25) is 9.59 Å². The minimum absolute atomic E-state index is 0.139. The van der Waals surface area contributed by atoms with Gasteiger partial charge in [0, 0.05) is 25.9 Å². The van der Waals surface area contributed by atoms with E-state index in [1.165, 1.54) is 141 Å². The molecule has 0 amide bonds. The van der Waals surface area contributed by atoms with Gasteiger partial charge in [0.25, 0.3) is 0 Å². The summed E-state index contributed by atoms with van der Waals surface area (Å²) in [5.41, 5.74) is 0. The van der Waals surface area contributed by atoms with Crippen molar-refractivity contribution < 1.29 is 30.0 Å². The highest BCUT2D eigenvalue weighted by Crippen LogP contribution is 2.14. The van der Waals surface area contributed by atoms with E-state index < -0.39 is 11.9 Å². The number of hydrogen-bond acceptors (Lipinski definition) is 5. The SMILES string of the molecule is CC(C)CCCCCCCCCCCCCCC(=O)O.CCCCCCCC/C=C\CCCCCCCC(=O)O.OCCNCCO. The Labute approximate surface area is 291 Å². The summed E-state index contributed by atoms with van der Waals surface area (Å²) in [5.74, 6) is -0.452. The van der Waals surface area contributed by atoms with E-state index in [0.29, 0.717) is 25.9 Å². The summed E-state index contributed by atoms with van der Waals surface area (Å²) < 4.78 is 0. The van der Waals surface area contributed by atoms with Crippen LogP contribution < -0.4 is 5.32 Å². The molecule has 282 valence electrons. The Balaban J connectivity index is -0.000000685. The third kappa shape index (κ3) is 60.4. The van der Waals surface area contributed by atoms with E-state index in [-0.39, 0.29) is 13.2 Å². The van der Waals surface area contributed by atoms with Crippen LogP contribution in [0.3, 0.4) is 0 Å². The summed E-state index contributed by atoms with van der Waals surface area (Å²) >= 11 is 0. The van der Waals surface area contributed by atoms with Crippen LogP contribution in [0.25, 0.3) is 0 Å². The third-order valence-electron chi connectivity index (χ3n) is 8.15. The van der Waals surface area contributed by atoms with Gasteiger partial charge in [0.05, 0.1) is 13.2 Å². The fraction of sp³-hybridized carbons (Fsp3) is 0.900. The molecule has 0 aromatic heterocycles. The van der Waals surface area contributed by atoms with Crippen LogP contribution >= 0.6 is 0 Å². The number of carbonyl (C=O) groups is 2. The smallest absolute Gasteiger partial charge is 0.303 e. The van der Waals surface area contributed by atoms with Crippen LogP contribution in [0.4, 0.5) is 0 Å². The first-order chi connectivity index (χ1) is 22.8. The van der Waals surface area contributed by atoms with Crippen LogP contribution in [0.1, 0.15) is 201 Å². The van der Waals surface area contributed by atoms with E-state index in [9.17, 15) is 9.59 Å². The number of hydrogen-bond donors (Lipinski definition) is 5. The molecule has 5 N–H and O–H groups in total. The van der Waals surface area contributed by atoms with Crippen LogP contribution in [-0.4, -0.2) is 58.7 Å². The van der Waals surface area contributed by atoms with E-state index in [0.717, 1.165) is 31.6 Å². The fourth-order valence-electron chi connectivity index (χ4n) is 5.23. The normalized spacial score (nSPS) is 10.9. The standard InChI is InChI=1S/C18H36O2.C18H34O2.C4H11NO2/c1-17(2)15-13-11-9-7-5-3-4-6-8-10-12-14-16-18(19)20;1-2-3-4-5-6-7-8-9-10-11-12-13-14-15-16-17-18(19)20;6-3-1-5-2-4-7/h17H,3-16H2,1-2H3,(H,19,20);9-10H,2-8,11-17H2,1H3,(H,19,20);5-7H,1-4H2/b;10-9-;. The second-order valence-electron chi connectivity index (χ2n) is 13.5. The quantitative estimate of drug-likeness (QED) is 0.0340. The van der Waals surface area contributed by atoms with Crippen molar-refractivity contribution >= 4 is 11.9 Å². The maximum atomic E-state index is 10.3. The summed E-state index contributed by atoms with van der Waals surface area (Å²) in [6.45, 7) is 8.29. The first kappa shape index (κ1) is 49.9. The van der Waals surface area contributed by atoms with Crippen molar-refractivity contribution in [2.24, 2.45) is 5.92 Å². The zero-order valence-electron chi connectivity index (χ0n) is 31.5. The summed E-state index contributed by atoms with van der Waals surface area (Å²) in [5, 5.41) is 36.1. The zero-order valence-corrected chi connectivity index (χ0v) is 31.5. The number of nitrogens with one attached hydrogen (secondary N) is 1. The number of unbranched alkanes of at least 4 members (excludes halogenated alkanes) is 22. The van der Waals surface area contributed by atoms with Gasteiger partial charge in [-0.15, -0.1) is 0 Å². The van der Waals surface area contributed by atoms with Gasteiger partial charge in [0.1, 0.15) is 0 Å². The van der Waals surface area contributed by atoms with E-state index in [2.05, 4.69) is 38.2 Å². The maximum absolute atomic E-state index is 10.3. The van der Waals surface area contributed by atoms with Crippen molar-refractivity contribution in [1.29, 1.82) is 0 Å². The lowest BCUT2D eigenvalue weighted by Crippen LogP contribution is -2.21. The van der Waals surface area contributed by atoms with Gasteiger partial charge in [-0.05, 0) is 44.4 Å². The molecule has 0 saturated heterocycles. The van der Waals surface area contributed by atoms with Gasteiger partial charge in [-0.2, -0.15) is 0 Å². The van der Waals surface area contributed by atoms with Gasteiger partial charge < -0.3 is 25.7 Å². The molecule has 0 saturated carbocycles. The lowest BCUT2D eigenvalue weighted by Gasteiger charge is -2.04. The summed E-state index contributed by atoms with van der Waals surface area (Å²) in [7, 11) is 0. The molecule has 0 aliphatic rings. The van der Waals surface area contributed by atoms with Gasteiger partial charge in [0.2, 0.25) is 0 Å². The van der Waals surface area contributed by atoms with Crippen molar-refractivity contribution in [2.75, 3.05) is 26.3 Å². The van der Waals surface area contributed by atoms with Crippen molar-refractivity contribution in [3.05, 3.63) is 12.2 Å². The largest absolute Gasteiger partial charge is 0.481 e. The molecule has 0 atom stereocenters. The van der Waals surface area contributed by atoms with Crippen molar-refractivity contribution in [1.82, 2.24) is 5.32 Å². The summed E-state index contributed by atoms with van der Waals surface area (Å²) in [6, 6.07) is 0. The fourth-order valence-corrected chi connectivity index (χ4v) is 5.23. The second kappa shape index (κ2) is 46.7. The molecule has 0 rings (SSSR count). The Morgan fingerprint density at radius 3 is 1.15 bits per heavy atom. The molecule has 0 bridgehead atoms. The predicted octanol–water partition coefficient (Wildman–Crippen LogP) is 10.9. The highest BCUT2D eigenvalue weighted by molar-refractivity contribution is 5.66. The molecule has 0 aromatic rings. The number of aliphatic hydroxyl groups excluding tert-OH is 2. The minimum Gasteiger partial charge on any atom is -0.481 e. The number of carboxylic acid groups (broad SMARTS) is 2. The molecule has 0 aromatic carbocycles. The number of allylic oxidation sites excluding steroid dienone is 2. The van der Waals surface area contributed by atoms with E-state index in [4.69, 9.17) is 20.4 Å².